The second kappa shape index (κ2) is 14.9. The van der Waals surface area contributed by atoms with Gasteiger partial charge in [0.05, 0.1) is 0 Å². The molecule has 0 saturated carbocycles. The normalized spacial score (nSPS) is 15.6. The van der Waals surface area contributed by atoms with E-state index in [1.807, 2.05) is 12.1 Å². The van der Waals surface area contributed by atoms with Gasteiger partial charge in [0.15, 0.2) is 0 Å². The van der Waals surface area contributed by atoms with Crippen LogP contribution in [0.3, 0.4) is 0 Å². The molecule has 2 aliphatic heterocycles. The lowest BCUT2D eigenvalue weighted by molar-refractivity contribution is 0.332. The first-order valence-electron chi connectivity index (χ1n) is 25.4. The van der Waals surface area contributed by atoms with Crippen molar-refractivity contribution in [1.29, 1.82) is 0 Å². The summed E-state index contributed by atoms with van der Waals surface area (Å²) in [5.74, 6) is 0. The van der Waals surface area contributed by atoms with Crippen molar-refractivity contribution in [2.24, 2.45) is 0 Å². The molecule has 71 heavy (non-hydrogen) atoms. The van der Waals surface area contributed by atoms with Crippen molar-refractivity contribution in [2.45, 2.75) is 77.6 Å². The largest absolute Gasteiger partial charge is 0.455 e. The third kappa shape index (κ3) is 6.24. The Bertz CT molecular complexity index is 3980. The van der Waals surface area contributed by atoms with E-state index < -0.39 is 0 Å². The number of fused-ring (bicyclic) bond motifs is 11. The van der Waals surface area contributed by atoms with E-state index in [-0.39, 0.29) is 23.0 Å². The zero-order valence-corrected chi connectivity index (χ0v) is 41.5. The first-order chi connectivity index (χ1) is 34.3. The Morgan fingerprint density at radius 2 is 0.901 bits per heavy atom. The molecule has 9 aromatic carbocycles. The Balaban J connectivity index is 0.972. The monoisotopic (exact) mass is 918 g/mol. The summed E-state index contributed by atoms with van der Waals surface area (Å²) in [6, 6.07) is 67.6. The van der Waals surface area contributed by atoms with E-state index in [4.69, 9.17) is 8.83 Å². The van der Waals surface area contributed by atoms with E-state index >= 15 is 0 Å². The highest BCUT2D eigenvalue weighted by atomic mass is 16.3. The molecule has 4 nitrogen and oxygen atoms in total. The number of hydrogen-bond donors (Lipinski definition) is 0. The summed E-state index contributed by atoms with van der Waals surface area (Å²) in [5, 5.41) is 4.57. The van der Waals surface area contributed by atoms with Gasteiger partial charge in [0.1, 0.15) is 22.3 Å². The number of furan rings is 2. The van der Waals surface area contributed by atoms with Gasteiger partial charge in [-0.05, 0) is 134 Å². The quantitative estimate of drug-likeness (QED) is 0.165. The minimum Gasteiger partial charge on any atom is -0.455 e. The van der Waals surface area contributed by atoms with Crippen LogP contribution in [0.15, 0.2) is 191 Å². The maximum Gasteiger partial charge on any atom is 0.252 e. The molecule has 2 aromatic heterocycles. The van der Waals surface area contributed by atoms with Crippen LogP contribution in [0.25, 0.3) is 66.1 Å². The Hall–Kier alpha value is -7.76. The second-order valence-corrected chi connectivity index (χ2v) is 22.7. The third-order valence-corrected chi connectivity index (χ3v) is 16.5. The molecule has 0 atom stereocenters. The molecule has 0 bridgehead atoms. The molecule has 3 aliphatic rings. The van der Waals surface area contributed by atoms with Gasteiger partial charge in [-0.15, -0.1) is 0 Å². The van der Waals surface area contributed by atoms with E-state index in [0.29, 0.717) is 0 Å². The summed E-state index contributed by atoms with van der Waals surface area (Å²) in [5.41, 5.74) is 23.6. The Morgan fingerprint density at radius 3 is 1.42 bits per heavy atom. The number of para-hydroxylation sites is 4. The van der Waals surface area contributed by atoms with Crippen LogP contribution < -0.4 is 26.2 Å². The van der Waals surface area contributed by atoms with Gasteiger partial charge in [0, 0.05) is 66.8 Å². The highest BCUT2D eigenvalue weighted by molar-refractivity contribution is 7.00. The number of benzene rings is 9. The van der Waals surface area contributed by atoms with Crippen LogP contribution in [0.4, 0.5) is 34.1 Å². The SMILES string of the molecule is CC(C)(C)c1ccc2c(c1)N(c1ccc(-c3cccc4c3oc3ccccc34)cc1)c1cccc3c1B2c1cc2c(cc1N3c1ccc(-c3cccc4c3oc3ccccc34)cc1)C(C)(C)CCC2(C)C. The predicted molar refractivity (Wildman–Crippen MR) is 300 cm³/mol. The zero-order chi connectivity index (χ0) is 48.1. The highest BCUT2D eigenvalue weighted by Gasteiger charge is 2.46. The lowest BCUT2D eigenvalue weighted by Gasteiger charge is -2.47. The standard InChI is InChI=1S/C66H55BN2O2/c1-64(2,3)42-29-34-53-57(37-42)68(43-30-25-40(26-31-43)45-17-12-19-49-47-15-8-10-23-59(47)70-62(45)49)55-21-14-22-56-61(55)67(53)54-38-51-52(66(6,7)36-35-65(51,4)5)39-58(54)69(56)44-32-27-41(28-33-44)46-18-13-20-50-48-16-9-11-24-60(48)71-63(46)50/h8-34,37-39H,35-36H2,1-7H3. The Labute approximate surface area is 416 Å². The summed E-state index contributed by atoms with van der Waals surface area (Å²) in [6.45, 7) is 16.8. The lowest BCUT2D eigenvalue weighted by Crippen LogP contribution is -2.61. The van der Waals surface area contributed by atoms with Gasteiger partial charge < -0.3 is 18.6 Å². The molecule has 0 unspecified atom stereocenters. The van der Waals surface area contributed by atoms with Crippen LogP contribution in [0.5, 0.6) is 0 Å². The van der Waals surface area contributed by atoms with Crippen LogP contribution in [0.1, 0.15) is 78.0 Å². The highest BCUT2D eigenvalue weighted by Crippen LogP contribution is 2.51. The zero-order valence-electron chi connectivity index (χ0n) is 41.5. The molecule has 1 aliphatic carbocycles. The molecule has 4 heterocycles. The van der Waals surface area contributed by atoms with Crippen LogP contribution >= 0.6 is 0 Å². The molecule has 344 valence electrons. The molecular formula is C66H55BN2O2. The van der Waals surface area contributed by atoms with E-state index in [1.54, 1.807) is 0 Å². The number of hydrogen-bond acceptors (Lipinski definition) is 4. The Kier molecular flexibility index (Phi) is 8.84. The van der Waals surface area contributed by atoms with Crippen molar-refractivity contribution in [1.82, 2.24) is 0 Å². The Morgan fingerprint density at radius 1 is 0.437 bits per heavy atom. The van der Waals surface area contributed by atoms with Crippen LogP contribution in [-0.2, 0) is 16.2 Å². The summed E-state index contributed by atoms with van der Waals surface area (Å²) in [6.07, 6.45) is 2.30. The van der Waals surface area contributed by atoms with Crippen molar-refractivity contribution in [2.75, 3.05) is 9.80 Å². The van der Waals surface area contributed by atoms with Crippen molar-refractivity contribution in [3.63, 3.8) is 0 Å². The van der Waals surface area contributed by atoms with E-state index in [0.717, 1.165) is 90.3 Å². The molecule has 14 rings (SSSR count). The van der Waals surface area contributed by atoms with E-state index in [2.05, 4.69) is 228 Å². The number of anilines is 6. The fourth-order valence-electron chi connectivity index (χ4n) is 12.5. The van der Waals surface area contributed by atoms with E-state index in [9.17, 15) is 0 Å². The summed E-state index contributed by atoms with van der Waals surface area (Å²) < 4.78 is 13.1. The summed E-state index contributed by atoms with van der Waals surface area (Å²) in [4.78, 5) is 5.11. The average molecular weight is 919 g/mol. The summed E-state index contributed by atoms with van der Waals surface area (Å²) in [7, 11) is 0. The maximum atomic E-state index is 6.55. The van der Waals surface area contributed by atoms with Gasteiger partial charge in [-0.3, -0.25) is 0 Å². The number of nitrogens with zero attached hydrogens (tertiary/aromatic N) is 2. The molecule has 0 N–H and O–H groups in total. The van der Waals surface area contributed by atoms with Gasteiger partial charge >= 0.3 is 0 Å². The molecule has 0 radical (unpaired) electrons. The van der Waals surface area contributed by atoms with Gasteiger partial charge in [0.2, 0.25) is 0 Å². The van der Waals surface area contributed by atoms with Gasteiger partial charge in [-0.2, -0.15) is 0 Å². The van der Waals surface area contributed by atoms with Crippen LogP contribution in [-0.4, -0.2) is 6.71 Å². The first kappa shape index (κ1) is 42.2. The smallest absolute Gasteiger partial charge is 0.252 e. The average Bonchev–Trinajstić information content (AvgIpc) is 3.96. The molecule has 0 amide bonds. The predicted octanol–water partition coefficient (Wildman–Crippen LogP) is 16.5. The second-order valence-electron chi connectivity index (χ2n) is 22.7. The topological polar surface area (TPSA) is 32.8 Å². The van der Waals surface area contributed by atoms with Gasteiger partial charge in [-0.25, -0.2) is 0 Å². The first-order valence-corrected chi connectivity index (χ1v) is 25.4. The van der Waals surface area contributed by atoms with Gasteiger partial charge in [-0.1, -0.05) is 170 Å². The molecule has 0 spiro atoms. The molecule has 11 aromatic rings. The minimum atomic E-state index is -0.0456. The summed E-state index contributed by atoms with van der Waals surface area (Å²) >= 11 is 0. The lowest BCUT2D eigenvalue weighted by atomic mass is 9.33. The van der Waals surface area contributed by atoms with E-state index in [1.165, 1.54) is 55.8 Å². The van der Waals surface area contributed by atoms with Crippen molar-refractivity contribution < 1.29 is 8.83 Å². The fourth-order valence-corrected chi connectivity index (χ4v) is 12.5. The fraction of sp³-hybridized carbons (Fsp3) is 0.182. The maximum absolute atomic E-state index is 6.55. The molecule has 5 heteroatoms. The molecule has 0 fully saturated rings. The minimum absolute atomic E-state index is 0.0220. The number of rotatable bonds is 4. The molecular weight excluding hydrogens is 864 g/mol. The van der Waals surface area contributed by atoms with Crippen molar-refractivity contribution >= 4 is 101 Å². The molecule has 0 saturated heterocycles. The van der Waals surface area contributed by atoms with Crippen LogP contribution in [0, 0.1) is 0 Å². The van der Waals surface area contributed by atoms with Crippen molar-refractivity contribution in [3.8, 4) is 22.3 Å². The van der Waals surface area contributed by atoms with Crippen LogP contribution in [0.2, 0.25) is 0 Å². The third-order valence-electron chi connectivity index (χ3n) is 16.5. The van der Waals surface area contributed by atoms with Gasteiger partial charge in [0.25, 0.3) is 6.71 Å². The van der Waals surface area contributed by atoms with Crippen molar-refractivity contribution in [3.05, 3.63) is 199 Å².